The smallest absolute Gasteiger partial charge is 0.0548 e. The Labute approximate surface area is 116 Å². The Balaban J connectivity index is 2.12. The number of hydrogen-bond donors (Lipinski definition) is 1. The molecule has 0 spiro atoms. The molecule has 2 rings (SSSR count). The second-order valence-corrected chi connectivity index (χ2v) is 6.07. The fourth-order valence-electron chi connectivity index (χ4n) is 2.13. The SMILES string of the molecule is CN(CC1CC1)C(CN)c1ccc(Cl)c(Br)c1. The molecule has 2 nitrogen and oxygen atoms in total. The number of likely N-dealkylation sites (N-methyl/N-ethyl adjacent to an activating group) is 1. The van der Waals surface area contributed by atoms with E-state index in [1.54, 1.807) is 0 Å². The maximum atomic E-state index is 6.01. The lowest BCUT2D eigenvalue weighted by atomic mass is 10.1. The van der Waals surface area contributed by atoms with E-state index in [1.807, 2.05) is 6.07 Å². The summed E-state index contributed by atoms with van der Waals surface area (Å²) in [5.74, 6) is 0.879. The molecule has 0 saturated heterocycles. The van der Waals surface area contributed by atoms with Crippen molar-refractivity contribution in [1.82, 2.24) is 4.90 Å². The molecule has 2 N–H and O–H groups in total. The van der Waals surface area contributed by atoms with Crippen LogP contribution in [-0.2, 0) is 0 Å². The van der Waals surface area contributed by atoms with E-state index in [0.717, 1.165) is 22.0 Å². The Kier molecular flexibility index (Phi) is 4.47. The average Bonchev–Trinajstić information content (AvgIpc) is 3.08. The highest BCUT2D eigenvalue weighted by Gasteiger charge is 2.26. The van der Waals surface area contributed by atoms with Gasteiger partial charge in [0.05, 0.1) is 5.02 Å². The average molecular weight is 318 g/mol. The number of rotatable bonds is 5. The van der Waals surface area contributed by atoms with Crippen LogP contribution in [0.3, 0.4) is 0 Å². The monoisotopic (exact) mass is 316 g/mol. The van der Waals surface area contributed by atoms with E-state index < -0.39 is 0 Å². The predicted octanol–water partition coefficient (Wildman–Crippen LogP) is 3.44. The number of benzene rings is 1. The molecular weight excluding hydrogens is 300 g/mol. The topological polar surface area (TPSA) is 29.3 Å². The van der Waals surface area contributed by atoms with Gasteiger partial charge < -0.3 is 5.73 Å². The van der Waals surface area contributed by atoms with Gasteiger partial charge in [0.25, 0.3) is 0 Å². The van der Waals surface area contributed by atoms with Gasteiger partial charge in [-0.2, -0.15) is 0 Å². The minimum atomic E-state index is 0.282. The fraction of sp³-hybridized carbons (Fsp3) is 0.538. The third-order valence-electron chi connectivity index (χ3n) is 3.33. The van der Waals surface area contributed by atoms with Crippen LogP contribution in [0.1, 0.15) is 24.4 Å². The zero-order chi connectivity index (χ0) is 12.4. The van der Waals surface area contributed by atoms with Gasteiger partial charge in [0.2, 0.25) is 0 Å². The lowest BCUT2D eigenvalue weighted by molar-refractivity contribution is 0.240. The van der Waals surface area contributed by atoms with Crippen molar-refractivity contribution >= 4 is 27.5 Å². The molecule has 1 aliphatic rings. The number of nitrogens with zero attached hydrogens (tertiary/aromatic N) is 1. The molecule has 1 aromatic carbocycles. The summed E-state index contributed by atoms with van der Waals surface area (Å²) < 4.78 is 0.940. The molecule has 1 unspecified atom stereocenters. The van der Waals surface area contributed by atoms with Gasteiger partial charge in [-0.1, -0.05) is 17.7 Å². The molecule has 0 bridgehead atoms. The van der Waals surface area contributed by atoms with Crippen LogP contribution >= 0.6 is 27.5 Å². The molecule has 17 heavy (non-hydrogen) atoms. The first-order chi connectivity index (χ1) is 8.11. The van der Waals surface area contributed by atoms with Crippen molar-refractivity contribution in [3.8, 4) is 0 Å². The van der Waals surface area contributed by atoms with Gasteiger partial charge in [-0.05, 0) is 59.4 Å². The van der Waals surface area contributed by atoms with Crippen LogP contribution in [0.4, 0.5) is 0 Å². The largest absolute Gasteiger partial charge is 0.329 e. The van der Waals surface area contributed by atoms with Crippen LogP contribution in [0.5, 0.6) is 0 Å². The molecule has 0 aliphatic heterocycles. The Morgan fingerprint density at radius 1 is 1.53 bits per heavy atom. The maximum absolute atomic E-state index is 6.01. The van der Waals surface area contributed by atoms with Gasteiger partial charge >= 0.3 is 0 Å². The van der Waals surface area contributed by atoms with Gasteiger partial charge in [-0.15, -0.1) is 0 Å². The maximum Gasteiger partial charge on any atom is 0.0548 e. The van der Waals surface area contributed by atoms with E-state index in [0.29, 0.717) is 6.54 Å². The molecule has 0 aromatic heterocycles. The van der Waals surface area contributed by atoms with Crippen LogP contribution in [0.25, 0.3) is 0 Å². The van der Waals surface area contributed by atoms with Crippen LogP contribution < -0.4 is 5.73 Å². The van der Waals surface area contributed by atoms with Crippen LogP contribution in [0.15, 0.2) is 22.7 Å². The summed E-state index contributed by atoms with van der Waals surface area (Å²) in [6.07, 6.45) is 2.73. The van der Waals surface area contributed by atoms with Gasteiger partial charge in [-0.3, -0.25) is 4.90 Å². The third-order valence-corrected chi connectivity index (χ3v) is 4.54. The predicted molar refractivity (Wildman–Crippen MR) is 76.3 cm³/mol. The highest BCUT2D eigenvalue weighted by molar-refractivity contribution is 9.10. The van der Waals surface area contributed by atoms with Gasteiger partial charge in [0.15, 0.2) is 0 Å². The normalized spacial score (nSPS) is 17.5. The van der Waals surface area contributed by atoms with Crippen molar-refractivity contribution in [2.75, 3.05) is 20.1 Å². The number of hydrogen-bond acceptors (Lipinski definition) is 2. The summed E-state index contributed by atoms with van der Waals surface area (Å²) in [6.45, 7) is 1.78. The fourth-order valence-corrected chi connectivity index (χ4v) is 2.64. The van der Waals surface area contributed by atoms with E-state index in [1.165, 1.54) is 18.4 Å². The van der Waals surface area contributed by atoms with Crippen LogP contribution in [0, 0.1) is 5.92 Å². The molecule has 1 aliphatic carbocycles. The second kappa shape index (κ2) is 5.70. The minimum absolute atomic E-state index is 0.282. The van der Waals surface area contributed by atoms with Gasteiger partial charge in [0.1, 0.15) is 0 Å². The first-order valence-electron chi connectivity index (χ1n) is 5.97. The Bertz CT molecular complexity index is 393. The minimum Gasteiger partial charge on any atom is -0.329 e. The van der Waals surface area contributed by atoms with Crippen molar-refractivity contribution in [1.29, 1.82) is 0 Å². The summed E-state index contributed by atoms with van der Waals surface area (Å²) >= 11 is 9.48. The summed E-state index contributed by atoms with van der Waals surface area (Å²) in [5, 5.41) is 0.745. The molecule has 0 amide bonds. The molecule has 1 aromatic rings. The molecule has 1 atom stereocenters. The zero-order valence-corrected chi connectivity index (χ0v) is 12.3. The van der Waals surface area contributed by atoms with E-state index in [9.17, 15) is 0 Å². The molecule has 1 saturated carbocycles. The van der Waals surface area contributed by atoms with Crippen molar-refractivity contribution < 1.29 is 0 Å². The molecule has 0 radical (unpaired) electrons. The summed E-state index contributed by atoms with van der Waals surface area (Å²) in [7, 11) is 2.15. The van der Waals surface area contributed by atoms with Crippen LogP contribution in [0.2, 0.25) is 5.02 Å². The summed E-state index contributed by atoms with van der Waals surface area (Å²) in [5.41, 5.74) is 7.13. The molecule has 1 fully saturated rings. The Morgan fingerprint density at radius 3 is 2.76 bits per heavy atom. The highest BCUT2D eigenvalue weighted by atomic mass is 79.9. The van der Waals surface area contributed by atoms with E-state index in [2.05, 4.69) is 40.0 Å². The summed E-state index contributed by atoms with van der Waals surface area (Å²) in [4.78, 5) is 2.35. The van der Waals surface area contributed by atoms with Gasteiger partial charge in [0, 0.05) is 23.6 Å². The van der Waals surface area contributed by atoms with Gasteiger partial charge in [-0.25, -0.2) is 0 Å². The third kappa shape index (κ3) is 3.44. The van der Waals surface area contributed by atoms with Crippen molar-refractivity contribution in [2.45, 2.75) is 18.9 Å². The van der Waals surface area contributed by atoms with E-state index in [4.69, 9.17) is 17.3 Å². The van der Waals surface area contributed by atoms with Crippen LogP contribution in [-0.4, -0.2) is 25.0 Å². The molecular formula is C13H18BrClN2. The quantitative estimate of drug-likeness (QED) is 0.901. The lowest BCUT2D eigenvalue weighted by Gasteiger charge is -2.27. The zero-order valence-electron chi connectivity index (χ0n) is 10.00. The number of nitrogens with two attached hydrogens (primary N) is 1. The summed E-state index contributed by atoms with van der Waals surface area (Å²) in [6, 6.07) is 6.34. The first kappa shape index (κ1) is 13.3. The molecule has 4 heteroatoms. The lowest BCUT2D eigenvalue weighted by Crippen LogP contribution is -2.32. The number of halogens is 2. The van der Waals surface area contributed by atoms with Crippen molar-refractivity contribution in [3.63, 3.8) is 0 Å². The van der Waals surface area contributed by atoms with Crippen molar-refractivity contribution in [2.24, 2.45) is 11.7 Å². The van der Waals surface area contributed by atoms with Crippen molar-refractivity contribution in [3.05, 3.63) is 33.3 Å². The molecule has 0 heterocycles. The standard InChI is InChI=1S/C13H18BrClN2/c1-17(8-9-2-3-9)13(7-16)10-4-5-12(15)11(14)6-10/h4-6,9,13H,2-3,7-8,16H2,1H3. The highest BCUT2D eigenvalue weighted by Crippen LogP contribution is 2.33. The second-order valence-electron chi connectivity index (χ2n) is 4.81. The Morgan fingerprint density at radius 2 is 2.24 bits per heavy atom. The van der Waals surface area contributed by atoms with E-state index >= 15 is 0 Å². The van der Waals surface area contributed by atoms with E-state index in [-0.39, 0.29) is 6.04 Å². The Hall–Kier alpha value is -0.0900. The first-order valence-corrected chi connectivity index (χ1v) is 7.14. The molecule has 94 valence electrons.